The summed E-state index contributed by atoms with van der Waals surface area (Å²) in [6, 6.07) is 10.5. The highest BCUT2D eigenvalue weighted by Crippen LogP contribution is 2.47. The Morgan fingerprint density at radius 1 is 1.18 bits per heavy atom. The van der Waals surface area contributed by atoms with Crippen LogP contribution in [-0.2, 0) is 21.5 Å². The molecule has 8 heteroatoms. The van der Waals surface area contributed by atoms with Crippen LogP contribution >= 0.6 is 11.8 Å². The van der Waals surface area contributed by atoms with E-state index in [0.717, 1.165) is 68.9 Å². The fraction of sp³-hybridized carbons (Fsp3) is 0.640. The predicted molar refractivity (Wildman–Crippen MR) is 131 cm³/mol. The van der Waals surface area contributed by atoms with Crippen LogP contribution in [0.2, 0.25) is 0 Å². The molecule has 178 valence electrons. The third-order valence-corrected chi connectivity index (χ3v) is 8.34. The van der Waals surface area contributed by atoms with Gasteiger partial charge in [-0.3, -0.25) is 9.36 Å². The van der Waals surface area contributed by atoms with E-state index < -0.39 is 0 Å². The van der Waals surface area contributed by atoms with Gasteiger partial charge >= 0.3 is 0 Å². The van der Waals surface area contributed by atoms with Crippen molar-refractivity contribution in [2.45, 2.75) is 68.7 Å². The number of aromatic nitrogens is 3. The highest BCUT2D eigenvalue weighted by atomic mass is 32.2. The first-order chi connectivity index (χ1) is 16.1. The quantitative estimate of drug-likeness (QED) is 0.566. The topological polar surface area (TPSA) is 72.3 Å². The molecule has 5 rings (SSSR count). The van der Waals surface area contributed by atoms with Gasteiger partial charge in [-0.15, -0.1) is 10.2 Å². The van der Waals surface area contributed by atoms with Gasteiger partial charge in [-0.25, -0.2) is 0 Å². The lowest BCUT2D eigenvalue weighted by Crippen LogP contribution is -2.35. The minimum Gasteiger partial charge on any atom is -0.376 e. The van der Waals surface area contributed by atoms with Crippen molar-refractivity contribution < 1.29 is 9.53 Å². The lowest BCUT2D eigenvalue weighted by atomic mass is 9.96. The molecule has 1 saturated carbocycles. The molecule has 33 heavy (non-hydrogen) atoms. The van der Waals surface area contributed by atoms with Crippen LogP contribution in [0.3, 0.4) is 0 Å². The number of benzene rings is 1. The van der Waals surface area contributed by atoms with Crippen LogP contribution < -0.4 is 10.2 Å². The average Bonchev–Trinajstić information content (AvgIpc) is 3.26. The summed E-state index contributed by atoms with van der Waals surface area (Å²) < 4.78 is 8.10. The molecular weight excluding hydrogens is 434 g/mol. The van der Waals surface area contributed by atoms with Crippen molar-refractivity contribution in [3.8, 4) is 0 Å². The minimum absolute atomic E-state index is 0.0576. The molecule has 7 nitrogen and oxygen atoms in total. The normalized spacial score (nSPS) is 22.5. The van der Waals surface area contributed by atoms with E-state index in [1.165, 1.54) is 30.2 Å². The van der Waals surface area contributed by atoms with Crippen molar-refractivity contribution in [2.24, 2.45) is 5.92 Å². The summed E-state index contributed by atoms with van der Waals surface area (Å²) in [5.74, 6) is 2.11. The van der Waals surface area contributed by atoms with Gasteiger partial charge in [0, 0.05) is 31.7 Å². The molecule has 1 aromatic heterocycles. The largest absolute Gasteiger partial charge is 0.376 e. The fourth-order valence-corrected chi connectivity index (χ4v) is 5.71. The molecule has 2 saturated heterocycles. The molecule has 1 N–H and O–H groups in total. The second kappa shape index (κ2) is 10.1. The molecule has 1 atom stereocenters. The van der Waals surface area contributed by atoms with Gasteiger partial charge in [0.05, 0.1) is 18.4 Å². The van der Waals surface area contributed by atoms with Crippen molar-refractivity contribution >= 4 is 23.6 Å². The summed E-state index contributed by atoms with van der Waals surface area (Å²) in [7, 11) is 0. The fourth-order valence-electron chi connectivity index (χ4n) is 4.94. The highest BCUT2D eigenvalue weighted by molar-refractivity contribution is 7.99. The number of amides is 1. The Kier molecular flexibility index (Phi) is 6.92. The summed E-state index contributed by atoms with van der Waals surface area (Å²) in [6.45, 7) is 6.63. The number of carbonyl (C=O) groups excluding carboxylic acids is 1. The van der Waals surface area contributed by atoms with E-state index in [1.54, 1.807) is 0 Å². The van der Waals surface area contributed by atoms with E-state index >= 15 is 0 Å². The number of rotatable bonds is 9. The Hall–Kier alpha value is -2.06. The molecule has 1 aliphatic carbocycles. The van der Waals surface area contributed by atoms with Gasteiger partial charge in [0.25, 0.3) is 0 Å². The van der Waals surface area contributed by atoms with Crippen LogP contribution in [0.5, 0.6) is 0 Å². The van der Waals surface area contributed by atoms with Gasteiger partial charge in [-0.2, -0.15) is 0 Å². The van der Waals surface area contributed by atoms with Crippen molar-refractivity contribution in [1.29, 1.82) is 0 Å². The third kappa shape index (κ3) is 5.38. The van der Waals surface area contributed by atoms with Gasteiger partial charge < -0.3 is 15.0 Å². The third-order valence-electron chi connectivity index (χ3n) is 7.37. The van der Waals surface area contributed by atoms with Gasteiger partial charge in [-0.05, 0) is 50.0 Å². The van der Waals surface area contributed by atoms with Crippen LogP contribution in [0.15, 0.2) is 35.5 Å². The first-order valence-electron chi connectivity index (χ1n) is 12.4. The maximum atomic E-state index is 12.7. The smallest absolute Gasteiger partial charge is 0.230 e. The molecule has 3 fully saturated rings. The zero-order valence-electron chi connectivity index (χ0n) is 19.5. The lowest BCUT2D eigenvalue weighted by molar-refractivity contribution is -0.118. The molecular formula is C25H35N5O2S. The van der Waals surface area contributed by atoms with Crippen LogP contribution in [0, 0.1) is 5.92 Å². The molecule has 0 radical (unpaired) electrons. The summed E-state index contributed by atoms with van der Waals surface area (Å²) in [5, 5.41) is 13.0. The van der Waals surface area contributed by atoms with Crippen LogP contribution in [0.25, 0.3) is 0 Å². The van der Waals surface area contributed by atoms with Crippen molar-refractivity contribution in [3.05, 3.63) is 35.9 Å². The molecule has 3 aliphatic rings. The van der Waals surface area contributed by atoms with Crippen LogP contribution in [0.1, 0.15) is 51.0 Å². The van der Waals surface area contributed by atoms with Crippen LogP contribution in [-0.4, -0.2) is 58.8 Å². The van der Waals surface area contributed by atoms with E-state index in [4.69, 9.17) is 4.74 Å². The van der Waals surface area contributed by atoms with Gasteiger partial charge in [0.2, 0.25) is 11.9 Å². The second-order valence-corrected chi connectivity index (χ2v) is 10.9. The van der Waals surface area contributed by atoms with Gasteiger partial charge in [0.15, 0.2) is 5.16 Å². The highest BCUT2D eigenvalue weighted by Gasteiger charge is 2.44. The van der Waals surface area contributed by atoms with Gasteiger partial charge in [-0.1, -0.05) is 49.0 Å². The van der Waals surface area contributed by atoms with Crippen LogP contribution in [0.4, 0.5) is 5.95 Å². The SMILES string of the molecule is CC1CCN(c2nnc(SCC(=O)NCC3(c4ccccc4)CC3)n2CC2CCCO2)CC1. The standard InChI is InChI=1S/C25H35N5O2S/c1-19-9-13-29(14-10-19)23-27-28-24(30(23)16-21-8-5-15-32-21)33-17-22(31)26-18-25(11-12-25)20-6-3-2-4-7-20/h2-4,6-7,19,21H,5,8-18H2,1H3,(H,26,31). The minimum atomic E-state index is 0.0576. The number of hydrogen-bond acceptors (Lipinski definition) is 6. The monoisotopic (exact) mass is 469 g/mol. The zero-order valence-corrected chi connectivity index (χ0v) is 20.4. The molecule has 3 heterocycles. The number of nitrogens with zero attached hydrogens (tertiary/aromatic N) is 4. The first-order valence-corrected chi connectivity index (χ1v) is 13.4. The summed E-state index contributed by atoms with van der Waals surface area (Å²) >= 11 is 1.49. The van der Waals surface area contributed by atoms with Crippen molar-refractivity contribution in [2.75, 3.05) is 36.9 Å². The molecule has 0 bridgehead atoms. The molecule has 2 aromatic rings. The zero-order chi connectivity index (χ0) is 22.7. The number of anilines is 1. The Morgan fingerprint density at radius 2 is 1.97 bits per heavy atom. The lowest BCUT2D eigenvalue weighted by Gasteiger charge is -2.31. The number of nitrogens with one attached hydrogen (secondary N) is 1. The van der Waals surface area contributed by atoms with Crippen molar-refractivity contribution in [3.63, 3.8) is 0 Å². The maximum absolute atomic E-state index is 12.7. The second-order valence-electron chi connectivity index (χ2n) is 9.91. The summed E-state index contributed by atoms with van der Waals surface area (Å²) in [6.07, 6.45) is 7.02. The summed E-state index contributed by atoms with van der Waals surface area (Å²) in [4.78, 5) is 15.0. The number of carbonyl (C=O) groups is 1. The van der Waals surface area contributed by atoms with E-state index in [-0.39, 0.29) is 17.4 Å². The predicted octanol–water partition coefficient (Wildman–Crippen LogP) is 3.63. The Balaban J connectivity index is 1.21. The first kappa shape index (κ1) is 22.7. The molecule has 1 unspecified atom stereocenters. The van der Waals surface area contributed by atoms with Crippen molar-refractivity contribution in [1.82, 2.24) is 20.1 Å². The molecule has 2 aliphatic heterocycles. The van der Waals surface area contributed by atoms with E-state index in [0.29, 0.717) is 12.3 Å². The van der Waals surface area contributed by atoms with E-state index in [1.807, 2.05) is 6.07 Å². The number of piperidine rings is 1. The van der Waals surface area contributed by atoms with E-state index in [9.17, 15) is 4.79 Å². The Morgan fingerprint density at radius 3 is 2.67 bits per heavy atom. The number of thioether (sulfide) groups is 1. The Bertz CT molecular complexity index is 932. The number of hydrogen-bond donors (Lipinski definition) is 1. The molecule has 1 aromatic carbocycles. The summed E-state index contributed by atoms with van der Waals surface area (Å²) in [5.41, 5.74) is 1.45. The molecule has 0 spiro atoms. The van der Waals surface area contributed by atoms with Gasteiger partial charge in [0.1, 0.15) is 0 Å². The van der Waals surface area contributed by atoms with E-state index in [2.05, 4.69) is 56.2 Å². The molecule has 1 amide bonds. The average molecular weight is 470 g/mol. The maximum Gasteiger partial charge on any atom is 0.230 e. The Labute approximate surface area is 200 Å². The number of ether oxygens (including phenoxy) is 1.